The van der Waals surface area contributed by atoms with Crippen LogP contribution in [0.15, 0.2) is 0 Å². The minimum absolute atomic E-state index is 0.961. The second kappa shape index (κ2) is 19.9. The molecular weight excluding hydrogens is 335 g/mol. The van der Waals surface area contributed by atoms with Crippen LogP contribution in [-0.2, 0) is 0 Å². The third kappa shape index (κ3) is 17.6. The zero-order valence-electron chi connectivity index (χ0n) is 18.7. The summed E-state index contributed by atoms with van der Waals surface area (Å²) >= 11 is 0. The van der Waals surface area contributed by atoms with Gasteiger partial charge in [-0.2, -0.15) is 0 Å². The highest BCUT2D eigenvalue weighted by Crippen LogP contribution is 2.31. The Hall–Kier alpha value is 0.147. The number of rotatable bonds is 21. The molecule has 0 fully saturated rings. The van der Waals surface area contributed by atoms with Gasteiger partial charge < -0.3 is 4.11 Å². The van der Waals surface area contributed by atoms with Crippen molar-refractivity contribution in [3.05, 3.63) is 0 Å². The normalized spacial score (nSPS) is 12.0. The summed E-state index contributed by atoms with van der Waals surface area (Å²) in [5, 5.41) is 0. The first-order valence-electron chi connectivity index (χ1n) is 12.4. The Morgan fingerprint density at radius 2 is 0.615 bits per heavy atom. The van der Waals surface area contributed by atoms with Crippen molar-refractivity contribution >= 4 is 8.41 Å². The van der Waals surface area contributed by atoms with Gasteiger partial charge in [0.05, 0.1) is 0 Å². The van der Waals surface area contributed by atoms with Gasteiger partial charge in [-0.15, -0.1) is 0 Å². The molecule has 0 aromatic rings. The summed E-state index contributed by atoms with van der Waals surface area (Å²) in [6, 6.07) is 2.88. The van der Waals surface area contributed by atoms with Gasteiger partial charge in [-0.3, -0.25) is 0 Å². The summed E-state index contributed by atoms with van der Waals surface area (Å²) in [6.07, 6.45) is 23.3. The third-order valence-electron chi connectivity index (χ3n) is 5.94. The molecule has 2 heteroatoms. The lowest BCUT2D eigenvalue weighted by atomic mass is 10.1. The van der Waals surface area contributed by atoms with Gasteiger partial charge in [-0.05, 0) is 18.1 Å². The highest BCUT2D eigenvalue weighted by Gasteiger charge is 2.32. The van der Waals surface area contributed by atoms with Crippen LogP contribution in [0.3, 0.4) is 0 Å². The van der Waals surface area contributed by atoms with Crippen LogP contribution >= 0.6 is 0 Å². The van der Waals surface area contributed by atoms with E-state index in [1.807, 2.05) is 0 Å². The zero-order valence-corrected chi connectivity index (χ0v) is 19.7. The predicted octanol–water partition coefficient (Wildman–Crippen LogP) is 9.98. The van der Waals surface area contributed by atoms with Gasteiger partial charge in [0.1, 0.15) is 0 Å². The molecule has 26 heavy (non-hydrogen) atoms. The number of hydrogen-bond donors (Lipinski definition) is 0. The Labute approximate surface area is 167 Å². The fourth-order valence-electron chi connectivity index (χ4n) is 4.04. The number of hydrogen-bond acceptors (Lipinski definition) is 0. The molecule has 0 atom stereocenters. The summed E-state index contributed by atoms with van der Waals surface area (Å²) in [5.74, 6) is 0. The Kier molecular flexibility index (Phi) is 20.0. The highest BCUT2D eigenvalue weighted by molar-refractivity contribution is 6.73. The third-order valence-corrected chi connectivity index (χ3v) is 9.68. The van der Waals surface area contributed by atoms with E-state index >= 15 is 4.11 Å². The summed E-state index contributed by atoms with van der Waals surface area (Å²) in [5.41, 5.74) is 0. The summed E-state index contributed by atoms with van der Waals surface area (Å²) in [6.45, 7) is 6.79. The molecule has 0 aromatic heterocycles. The van der Waals surface area contributed by atoms with Crippen LogP contribution < -0.4 is 0 Å². The number of halogens is 1. The van der Waals surface area contributed by atoms with E-state index in [1.165, 1.54) is 96.3 Å². The monoisotopic (exact) mass is 386 g/mol. The molecule has 0 saturated carbocycles. The summed E-state index contributed by atoms with van der Waals surface area (Å²) in [4.78, 5) is 0. The molecule has 0 radical (unpaired) electrons. The first-order valence-corrected chi connectivity index (χ1v) is 14.9. The van der Waals surface area contributed by atoms with Crippen molar-refractivity contribution in [3.63, 3.8) is 0 Å². The standard InChI is InChI=1S/C24H51FSi/c1-4-7-10-13-16-19-22-26(25,23-20-17-14-11-8-5-2)24-21-18-15-12-9-6-3/h4-24H2,1-3H3. The van der Waals surface area contributed by atoms with E-state index in [9.17, 15) is 0 Å². The second-order valence-electron chi connectivity index (χ2n) is 8.70. The first-order chi connectivity index (χ1) is 12.7. The van der Waals surface area contributed by atoms with Gasteiger partial charge in [0.15, 0.2) is 0 Å². The minimum atomic E-state index is -2.45. The molecule has 0 N–H and O–H groups in total. The molecule has 0 saturated heterocycles. The quantitative estimate of drug-likeness (QED) is 0.104. The van der Waals surface area contributed by atoms with E-state index in [0.717, 1.165) is 37.4 Å². The minimum Gasteiger partial charge on any atom is -0.314 e. The van der Waals surface area contributed by atoms with Crippen molar-refractivity contribution in [2.75, 3.05) is 0 Å². The van der Waals surface area contributed by atoms with E-state index in [-0.39, 0.29) is 0 Å². The van der Waals surface area contributed by atoms with Gasteiger partial charge in [0.2, 0.25) is 8.41 Å². The van der Waals surface area contributed by atoms with Crippen molar-refractivity contribution < 1.29 is 4.11 Å². The van der Waals surface area contributed by atoms with E-state index in [1.54, 1.807) is 0 Å². The van der Waals surface area contributed by atoms with Crippen molar-refractivity contribution in [1.29, 1.82) is 0 Å². The van der Waals surface area contributed by atoms with Crippen molar-refractivity contribution in [3.8, 4) is 0 Å². The molecule has 0 aliphatic carbocycles. The maximum atomic E-state index is 15.7. The van der Waals surface area contributed by atoms with Crippen LogP contribution in [0.25, 0.3) is 0 Å². The topological polar surface area (TPSA) is 0 Å². The van der Waals surface area contributed by atoms with E-state index in [4.69, 9.17) is 0 Å². The lowest BCUT2D eigenvalue weighted by molar-refractivity contribution is 0.584. The van der Waals surface area contributed by atoms with E-state index in [0.29, 0.717) is 0 Å². The average molecular weight is 387 g/mol. The largest absolute Gasteiger partial charge is 0.314 e. The van der Waals surface area contributed by atoms with Crippen LogP contribution in [0.1, 0.15) is 136 Å². The molecule has 0 aliphatic rings. The SMILES string of the molecule is CCCCCCCC[Si](F)(CCCCCCCC)CCCCCCCC. The summed E-state index contributed by atoms with van der Waals surface area (Å²) in [7, 11) is -2.45. The molecule has 158 valence electrons. The molecular formula is C24H51FSi. The first kappa shape index (κ1) is 26.1. The van der Waals surface area contributed by atoms with Crippen molar-refractivity contribution in [1.82, 2.24) is 0 Å². The van der Waals surface area contributed by atoms with Gasteiger partial charge in [0.25, 0.3) is 0 Å². The molecule has 0 rings (SSSR count). The molecule has 0 aliphatic heterocycles. The van der Waals surface area contributed by atoms with Crippen molar-refractivity contribution in [2.24, 2.45) is 0 Å². The fraction of sp³-hybridized carbons (Fsp3) is 1.00. The maximum absolute atomic E-state index is 15.7. The molecule has 0 amide bonds. The zero-order chi connectivity index (χ0) is 19.3. The van der Waals surface area contributed by atoms with Crippen LogP contribution in [0.5, 0.6) is 0 Å². The Morgan fingerprint density at radius 1 is 0.385 bits per heavy atom. The van der Waals surface area contributed by atoms with Crippen molar-refractivity contribution in [2.45, 2.75) is 154 Å². The van der Waals surface area contributed by atoms with Gasteiger partial charge in [-0.1, -0.05) is 136 Å². The Morgan fingerprint density at radius 3 is 0.885 bits per heavy atom. The molecule has 0 spiro atoms. The molecule has 0 heterocycles. The van der Waals surface area contributed by atoms with Gasteiger partial charge in [-0.25, -0.2) is 0 Å². The smallest absolute Gasteiger partial charge is 0.247 e. The average Bonchev–Trinajstić information content (AvgIpc) is 2.64. The van der Waals surface area contributed by atoms with Crippen LogP contribution in [0, 0.1) is 0 Å². The Balaban J connectivity index is 4.02. The van der Waals surface area contributed by atoms with E-state index < -0.39 is 8.41 Å². The molecule has 0 aromatic carbocycles. The fourth-order valence-corrected chi connectivity index (χ4v) is 7.44. The maximum Gasteiger partial charge on any atom is 0.247 e. The highest BCUT2D eigenvalue weighted by atomic mass is 28.4. The Bertz CT molecular complexity index is 226. The van der Waals surface area contributed by atoms with E-state index in [2.05, 4.69) is 20.8 Å². The van der Waals surface area contributed by atoms with Crippen LogP contribution in [-0.4, -0.2) is 8.41 Å². The predicted molar refractivity (Wildman–Crippen MR) is 121 cm³/mol. The molecule has 0 bridgehead atoms. The lowest BCUT2D eigenvalue weighted by Gasteiger charge is -2.23. The van der Waals surface area contributed by atoms with Gasteiger partial charge in [0, 0.05) is 0 Å². The second-order valence-corrected chi connectivity index (χ2v) is 12.5. The van der Waals surface area contributed by atoms with Gasteiger partial charge >= 0.3 is 0 Å². The van der Waals surface area contributed by atoms with Crippen LogP contribution in [0.2, 0.25) is 18.1 Å². The number of unbranched alkanes of at least 4 members (excludes halogenated alkanes) is 15. The van der Waals surface area contributed by atoms with Crippen LogP contribution in [0.4, 0.5) is 4.11 Å². The molecule has 0 nitrogen and oxygen atoms in total. The summed E-state index contributed by atoms with van der Waals surface area (Å²) < 4.78 is 15.7. The lowest BCUT2D eigenvalue weighted by Crippen LogP contribution is -2.28. The molecule has 0 unspecified atom stereocenters.